The SMILES string of the molecule is CCC(Oc1ccccc1/C=C1\SC(=S)N(C(C)C(=O)O)C1=O)C(C)=O. The summed E-state index contributed by atoms with van der Waals surface area (Å²) in [5.74, 6) is -1.18. The summed E-state index contributed by atoms with van der Waals surface area (Å²) < 4.78 is 5.98. The molecule has 0 bridgehead atoms. The molecule has 2 rings (SSSR count). The Hall–Kier alpha value is -2.19. The van der Waals surface area contributed by atoms with Gasteiger partial charge in [-0.25, -0.2) is 4.79 Å². The van der Waals surface area contributed by atoms with E-state index in [2.05, 4.69) is 0 Å². The molecule has 1 aromatic rings. The van der Waals surface area contributed by atoms with Gasteiger partial charge >= 0.3 is 5.97 Å². The maximum atomic E-state index is 12.6. The van der Waals surface area contributed by atoms with Crippen molar-refractivity contribution in [1.82, 2.24) is 4.90 Å². The second kappa shape index (κ2) is 8.46. The first-order valence-electron chi connectivity index (χ1n) is 8.02. The molecule has 1 fully saturated rings. The summed E-state index contributed by atoms with van der Waals surface area (Å²) >= 11 is 6.20. The number of ketones is 1. The van der Waals surface area contributed by atoms with E-state index in [1.165, 1.54) is 13.8 Å². The number of aliphatic carboxylic acids is 1. The molecule has 0 aromatic heterocycles. The number of rotatable bonds is 7. The number of carboxylic acid groups (broad SMARTS) is 1. The van der Waals surface area contributed by atoms with Crippen molar-refractivity contribution in [3.63, 3.8) is 0 Å². The Labute approximate surface area is 161 Å². The Bertz CT molecular complexity index is 790. The van der Waals surface area contributed by atoms with Crippen LogP contribution in [0.25, 0.3) is 6.08 Å². The molecule has 6 nitrogen and oxygen atoms in total. The number of thioether (sulfide) groups is 1. The number of thiocarbonyl (C=S) groups is 1. The van der Waals surface area contributed by atoms with Gasteiger partial charge in [0.25, 0.3) is 5.91 Å². The molecule has 0 spiro atoms. The minimum atomic E-state index is -1.13. The molecule has 1 N–H and O–H groups in total. The minimum absolute atomic E-state index is 0.0797. The molecule has 1 heterocycles. The predicted molar refractivity (Wildman–Crippen MR) is 104 cm³/mol. The maximum Gasteiger partial charge on any atom is 0.326 e. The number of nitrogens with zero attached hydrogens (tertiary/aromatic N) is 1. The van der Waals surface area contributed by atoms with Gasteiger partial charge in [-0.3, -0.25) is 14.5 Å². The Morgan fingerprint density at radius 2 is 2.04 bits per heavy atom. The predicted octanol–water partition coefficient (Wildman–Crippen LogP) is 3.11. The highest BCUT2D eigenvalue weighted by atomic mass is 32.2. The van der Waals surface area contributed by atoms with Crippen molar-refractivity contribution in [3.05, 3.63) is 34.7 Å². The Balaban J connectivity index is 2.33. The fourth-order valence-corrected chi connectivity index (χ4v) is 3.79. The van der Waals surface area contributed by atoms with Gasteiger partial charge in [0.1, 0.15) is 16.1 Å². The molecular formula is C18H19NO5S2. The molecule has 1 aliphatic heterocycles. The van der Waals surface area contributed by atoms with E-state index < -0.39 is 24.0 Å². The topological polar surface area (TPSA) is 83.9 Å². The normalized spacial score (nSPS) is 18.1. The lowest BCUT2D eigenvalue weighted by molar-refractivity contribution is -0.144. The van der Waals surface area contributed by atoms with Crippen molar-refractivity contribution in [2.75, 3.05) is 0 Å². The zero-order valence-corrected chi connectivity index (χ0v) is 16.2. The fourth-order valence-electron chi connectivity index (χ4n) is 2.38. The highest BCUT2D eigenvalue weighted by Crippen LogP contribution is 2.35. The van der Waals surface area contributed by atoms with Gasteiger partial charge in [0.15, 0.2) is 11.9 Å². The van der Waals surface area contributed by atoms with Crippen LogP contribution >= 0.6 is 24.0 Å². The number of hydrogen-bond acceptors (Lipinski definition) is 6. The molecule has 0 saturated carbocycles. The molecule has 0 aliphatic carbocycles. The van der Waals surface area contributed by atoms with Gasteiger partial charge in [-0.2, -0.15) is 0 Å². The first-order valence-corrected chi connectivity index (χ1v) is 9.24. The molecule has 2 atom stereocenters. The summed E-state index contributed by atoms with van der Waals surface area (Å²) in [7, 11) is 0. The highest BCUT2D eigenvalue weighted by Gasteiger charge is 2.38. The Morgan fingerprint density at radius 3 is 2.62 bits per heavy atom. The van der Waals surface area contributed by atoms with Gasteiger partial charge in [0, 0.05) is 5.56 Å². The van der Waals surface area contributed by atoms with Gasteiger partial charge in [-0.1, -0.05) is 49.1 Å². The summed E-state index contributed by atoms with van der Waals surface area (Å²) in [4.78, 5) is 36.8. The third-order valence-corrected chi connectivity index (χ3v) is 5.20. The van der Waals surface area contributed by atoms with Crippen LogP contribution < -0.4 is 4.74 Å². The van der Waals surface area contributed by atoms with Gasteiger partial charge in [-0.05, 0) is 32.4 Å². The average molecular weight is 393 g/mol. The molecule has 8 heteroatoms. The van der Waals surface area contributed by atoms with Crippen LogP contribution in [0.3, 0.4) is 0 Å². The van der Waals surface area contributed by atoms with Crippen LogP contribution in [0.5, 0.6) is 5.75 Å². The lowest BCUT2D eigenvalue weighted by atomic mass is 10.1. The maximum absolute atomic E-state index is 12.6. The molecule has 1 aromatic carbocycles. The number of hydrogen-bond donors (Lipinski definition) is 1. The first-order chi connectivity index (χ1) is 12.3. The van der Waals surface area contributed by atoms with Crippen molar-refractivity contribution in [1.29, 1.82) is 0 Å². The second-order valence-electron chi connectivity index (χ2n) is 5.73. The van der Waals surface area contributed by atoms with E-state index in [-0.39, 0.29) is 10.1 Å². The minimum Gasteiger partial charge on any atom is -0.482 e. The van der Waals surface area contributed by atoms with Crippen LogP contribution in [0.15, 0.2) is 29.2 Å². The molecule has 2 unspecified atom stereocenters. The van der Waals surface area contributed by atoms with E-state index in [0.29, 0.717) is 22.6 Å². The van der Waals surface area contributed by atoms with E-state index in [1.54, 1.807) is 30.3 Å². The molecule has 1 saturated heterocycles. The zero-order valence-electron chi connectivity index (χ0n) is 14.6. The summed E-state index contributed by atoms with van der Waals surface area (Å²) in [6.45, 7) is 4.73. The fraction of sp³-hybridized carbons (Fsp3) is 0.333. The number of ether oxygens (including phenoxy) is 1. The van der Waals surface area contributed by atoms with Crippen LogP contribution in [0.4, 0.5) is 0 Å². The monoisotopic (exact) mass is 393 g/mol. The molecule has 1 aliphatic rings. The molecule has 0 radical (unpaired) electrons. The molecule has 138 valence electrons. The third kappa shape index (κ3) is 4.31. The van der Waals surface area contributed by atoms with Crippen molar-refractivity contribution in [3.8, 4) is 5.75 Å². The van der Waals surface area contributed by atoms with E-state index >= 15 is 0 Å². The number of carboxylic acids is 1. The largest absolute Gasteiger partial charge is 0.482 e. The molecule has 1 amide bonds. The zero-order chi connectivity index (χ0) is 19.4. The lowest BCUT2D eigenvalue weighted by Crippen LogP contribution is -2.41. The van der Waals surface area contributed by atoms with Crippen LogP contribution in [0, 0.1) is 0 Å². The van der Waals surface area contributed by atoms with Crippen molar-refractivity contribution >= 4 is 52.0 Å². The van der Waals surface area contributed by atoms with Crippen molar-refractivity contribution in [2.24, 2.45) is 0 Å². The van der Waals surface area contributed by atoms with Crippen LogP contribution in [0.1, 0.15) is 32.8 Å². The third-order valence-electron chi connectivity index (χ3n) is 3.87. The van der Waals surface area contributed by atoms with Crippen molar-refractivity contribution in [2.45, 2.75) is 39.3 Å². The number of Topliss-reactive ketones (excluding diaryl/α,β-unsaturated/α-hetero) is 1. The van der Waals surface area contributed by atoms with Gasteiger partial charge in [-0.15, -0.1) is 0 Å². The Morgan fingerprint density at radius 1 is 1.38 bits per heavy atom. The van der Waals surface area contributed by atoms with Crippen LogP contribution in [-0.2, 0) is 14.4 Å². The standard InChI is InChI=1S/C18H19NO5S2/c1-4-13(11(3)20)24-14-8-6-5-7-12(14)9-15-16(21)19(18(25)26-15)10(2)17(22)23/h5-10,13H,4H2,1-3H3,(H,22,23)/b15-9-. The number of carbonyl (C=O) groups is 3. The van der Waals surface area contributed by atoms with E-state index in [0.717, 1.165) is 16.7 Å². The number of carbonyl (C=O) groups excluding carboxylic acids is 2. The van der Waals surface area contributed by atoms with E-state index in [1.807, 2.05) is 6.92 Å². The second-order valence-corrected chi connectivity index (χ2v) is 7.40. The van der Waals surface area contributed by atoms with E-state index in [4.69, 9.17) is 22.1 Å². The first kappa shape index (κ1) is 20.1. The highest BCUT2D eigenvalue weighted by molar-refractivity contribution is 8.26. The van der Waals surface area contributed by atoms with Crippen LogP contribution in [-0.4, -0.2) is 44.1 Å². The average Bonchev–Trinajstić information content (AvgIpc) is 2.86. The lowest BCUT2D eigenvalue weighted by Gasteiger charge is -2.18. The number of amides is 1. The Kier molecular flexibility index (Phi) is 6.55. The molecular weight excluding hydrogens is 374 g/mol. The quantitative estimate of drug-likeness (QED) is 0.563. The summed E-state index contributed by atoms with van der Waals surface area (Å²) in [6.07, 6.45) is 1.57. The smallest absolute Gasteiger partial charge is 0.326 e. The summed E-state index contributed by atoms with van der Waals surface area (Å²) in [5, 5.41) is 9.14. The van der Waals surface area contributed by atoms with Gasteiger partial charge < -0.3 is 9.84 Å². The van der Waals surface area contributed by atoms with Gasteiger partial charge in [0.05, 0.1) is 4.91 Å². The van der Waals surface area contributed by atoms with Crippen LogP contribution in [0.2, 0.25) is 0 Å². The summed E-state index contributed by atoms with van der Waals surface area (Å²) in [6, 6.07) is 6.00. The van der Waals surface area contributed by atoms with E-state index in [9.17, 15) is 14.4 Å². The molecule has 26 heavy (non-hydrogen) atoms. The summed E-state index contributed by atoms with van der Waals surface area (Å²) in [5.41, 5.74) is 0.621. The van der Waals surface area contributed by atoms with Gasteiger partial charge in [0.2, 0.25) is 0 Å². The number of para-hydroxylation sites is 1. The number of benzene rings is 1. The van der Waals surface area contributed by atoms with Crippen molar-refractivity contribution < 1.29 is 24.2 Å².